The van der Waals surface area contributed by atoms with Crippen molar-refractivity contribution in [1.29, 1.82) is 0 Å². The van der Waals surface area contributed by atoms with Crippen LogP contribution in [0.25, 0.3) is 28.0 Å². The van der Waals surface area contributed by atoms with E-state index >= 15 is 0 Å². The molecule has 152 valence electrons. The Balaban J connectivity index is 2.18. The highest BCUT2D eigenvalue weighted by molar-refractivity contribution is 7.71. The normalized spacial score (nSPS) is 11.2. The molecule has 30 heavy (non-hydrogen) atoms. The molecule has 0 radical (unpaired) electrons. The van der Waals surface area contributed by atoms with Gasteiger partial charge in [-0.2, -0.15) is 0 Å². The average Bonchev–Trinajstić information content (AvgIpc) is 2.72. The predicted molar refractivity (Wildman–Crippen MR) is 114 cm³/mol. The lowest BCUT2D eigenvalue weighted by Gasteiger charge is -2.15. The van der Waals surface area contributed by atoms with Gasteiger partial charge in [-0.1, -0.05) is 24.3 Å². The van der Waals surface area contributed by atoms with E-state index < -0.39 is 17.5 Å². The van der Waals surface area contributed by atoms with E-state index in [-0.39, 0.29) is 21.5 Å². The molecule has 0 fully saturated rings. The predicted octanol–water partition coefficient (Wildman–Crippen LogP) is 5.36. The number of rotatable bonds is 4. The Morgan fingerprint density at radius 1 is 1.13 bits per heavy atom. The number of nitrogens with zero attached hydrogens (tertiary/aromatic N) is 2. The van der Waals surface area contributed by atoms with Gasteiger partial charge in [-0.25, -0.2) is 13.8 Å². The third-order valence-electron chi connectivity index (χ3n) is 4.77. The maximum atomic E-state index is 14.0. The number of para-hydroxylation sites is 1. The van der Waals surface area contributed by atoms with Gasteiger partial charge in [0.25, 0.3) is 12.0 Å². The quantitative estimate of drug-likeness (QED) is 0.447. The SMILES string of the molecule is COc1ccccc1-c1cc(C(F)F)c2c(=O)[nH]c(=S)n(-c3cccc(C)c3)c2n1. The van der Waals surface area contributed by atoms with Crippen LogP contribution in [0.3, 0.4) is 0 Å². The number of benzene rings is 2. The molecule has 2 heterocycles. The summed E-state index contributed by atoms with van der Waals surface area (Å²) in [5, 5.41) is -0.196. The van der Waals surface area contributed by atoms with Crippen molar-refractivity contribution in [3.63, 3.8) is 0 Å². The number of hydrogen-bond donors (Lipinski definition) is 1. The van der Waals surface area contributed by atoms with Crippen molar-refractivity contribution in [2.24, 2.45) is 0 Å². The fraction of sp³-hybridized carbons (Fsp3) is 0.136. The highest BCUT2D eigenvalue weighted by Crippen LogP contribution is 2.34. The van der Waals surface area contributed by atoms with Crippen LogP contribution in [0.2, 0.25) is 0 Å². The van der Waals surface area contributed by atoms with Crippen molar-refractivity contribution in [3.05, 3.63) is 80.8 Å². The van der Waals surface area contributed by atoms with Gasteiger partial charge >= 0.3 is 0 Å². The Morgan fingerprint density at radius 3 is 2.60 bits per heavy atom. The number of aromatic amines is 1. The molecule has 0 saturated carbocycles. The monoisotopic (exact) mass is 425 g/mol. The lowest BCUT2D eigenvalue weighted by atomic mass is 10.1. The molecule has 0 atom stereocenters. The number of ether oxygens (including phenoxy) is 1. The molecule has 0 unspecified atom stereocenters. The van der Waals surface area contributed by atoms with Crippen molar-refractivity contribution in [1.82, 2.24) is 14.5 Å². The summed E-state index contributed by atoms with van der Waals surface area (Å²) in [6, 6.07) is 15.5. The smallest absolute Gasteiger partial charge is 0.264 e. The minimum absolute atomic E-state index is 0.0630. The van der Waals surface area contributed by atoms with Gasteiger partial charge in [0.15, 0.2) is 10.4 Å². The average molecular weight is 425 g/mol. The molecule has 2 aromatic heterocycles. The van der Waals surface area contributed by atoms with Crippen LogP contribution in [0.5, 0.6) is 5.75 Å². The number of methoxy groups -OCH3 is 1. The third-order valence-corrected chi connectivity index (χ3v) is 5.06. The second-order valence-electron chi connectivity index (χ2n) is 6.73. The lowest BCUT2D eigenvalue weighted by molar-refractivity contribution is 0.153. The second kappa shape index (κ2) is 7.79. The number of fused-ring (bicyclic) bond motifs is 1. The first kappa shape index (κ1) is 19.9. The zero-order valence-corrected chi connectivity index (χ0v) is 17.0. The Labute approximate surface area is 175 Å². The fourth-order valence-electron chi connectivity index (χ4n) is 3.43. The van der Waals surface area contributed by atoms with Crippen molar-refractivity contribution in [2.75, 3.05) is 7.11 Å². The summed E-state index contributed by atoms with van der Waals surface area (Å²) >= 11 is 5.37. The van der Waals surface area contributed by atoms with Gasteiger partial charge in [-0.05, 0) is 55.0 Å². The van der Waals surface area contributed by atoms with E-state index in [0.29, 0.717) is 17.0 Å². The molecule has 4 rings (SSSR count). The van der Waals surface area contributed by atoms with Gasteiger partial charge in [-0.3, -0.25) is 14.3 Å². The summed E-state index contributed by atoms with van der Waals surface area (Å²) in [6.45, 7) is 1.90. The van der Waals surface area contributed by atoms with Crippen LogP contribution < -0.4 is 10.3 Å². The highest BCUT2D eigenvalue weighted by Gasteiger charge is 2.22. The first-order chi connectivity index (χ1) is 14.4. The van der Waals surface area contributed by atoms with Gasteiger partial charge in [0.05, 0.1) is 23.9 Å². The van der Waals surface area contributed by atoms with Crippen LogP contribution in [0.1, 0.15) is 17.6 Å². The van der Waals surface area contributed by atoms with Crippen molar-refractivity contribution in [3.8, 4) is 22.7 Å². The van der Waals surface area contributed by atoms with Crippen LogP contribution in [-0.2, 0) is 0 Å². The number of aromatic nitrogens is 3. The van der Waals surface area contributed by atoms with E-state index in [0.717, 1.165) is 5.56 Å². The number of H-pyrrole nitrogens is 1. The molecule has 8 heteroatoms. The zero-order chi connectivity index (χ0) is 21.4. The van der Waals surface area contributed by atoms with Gasteiger partial charge in [0.2, 0.25) is 0 Å². The molecular weight excluding hydrogens is 408 g/mol. The molecule has 0 amide bonds. The summed E-state index contributed by atoms with van der Waals surface area (Å²) in [5.74, 6) is 0.482. The van der Waals surface area contributed by atoms with E-state index in [1.54, 1.807) is 30.3 Å². The van der Waals surface area contributed by atoms with Crippen LogP contribution in [-0.4, -0.2) is 21.6 Å². The largest absolute Gasteiger partial charge is 0.496 e. The van der Waals surface area contributed by atoms with Gasteiger partial charge in [0, 0.05) is 11.1 Å². The molecule has 0 spiro atoms. The van der Waals surface area contributed by atoms with Gasteiger partial charge in [-0.15, -0.1) is 0 Å². The Morgan fingerprint density at radius 2 is 1.90 bits per heavy atom. The first-order valence-electron chi connectivity index (χ1n) is 9.09. The fourth-order valence-corrected chi connectivity index (χ4v) is 3.71. The number of nitrogens with one attached hydrogen (secondary N) is 1. The van der Waals surface area contributed by atoms with Crippen molar-refractivity contribution >= 4 is 23.3 Å². The molecule has 0 aliphatic rings. The number of pyridine rings is 1. The van der Waals surface area contributed by atoms with E-state index in [1.165, 1.54) is 17.7 Å². The molecule has 0 aliphatic heterocycles. The van der Waals surface area contributed by atoms with Crippen LogP contribution in [0.15, 0.2) is 59.4 Å². The minimum Gasteiger partial charge on any atom is -0.496 e. The van der Waals surface area contributed by atoms with Gasteiger partial charge < -0.3 is 4.74 Å². The molecule has 1 N–H and O–H groups in total. The molecular formula is C22H17F2N3O2S. The Hall–Kier alpha value is -3.39. The van der Waals surface area contributed by atoms with Crippen LogP contribution in [0.4, 0.5) is 8.78 Å². The summed E-state index contributed by atoms with van der Waals surface area (Å²) in [5.41, 5.74) is 1.30. The standard InChI is InChI=1S/C22H17F2N3O2S/c1-12-6-5-7-13(10-12)27-20-18(21(28)26-22(27)30)15(19(23)24)11-16(25-20)14-8-3-4-9-17(14)29-2/h3-11,19H,1-2H3,(H,26,28,30). The number of aryl methyl sites for hydroxylation is 1. The van der Waals surface area contributed by atoms with E-state index in [4.69, 9.17) is 17.0 Å². The number of hydrogen-bond acceptors (Lipinski definition) is 4. The number of alkyl halides is 2. The third kappa shape index (κ3) is 3.39. The molecule has 4 aromatic rings. The summed E-state index contributed by atoms with van der Waals surface area (Å²) in [7, 11) is 1.49. The topological polar surface area (TPSA) is 59.9 Å². The molecule has 0 saturated heterocycles. The highest BCUT2D eigenvalue weighted by atomic mass is 32.1. The molecule has 0 bridgehead atoms. The summed E-state index contributed by atoms with van der Waals surface area (Å²) in [6.07, 6.45) is -2.88. The maximum absolute atomic E-state index is 14.0. The van der Waals surface area contributed by atoms with Crippen LogP contribution in [0, 0.1) is 11.7 Å². The molecule has 2 aromatic carbocycles. The van der Waals surface area contributed by atoms with Crippen molar-refractivity contribution < 1.29 is 13.5 Å². The number of halogens is 2. The van der Waals surface area contributed by atoms with E-state index in [1.807, 2.05) is 25.1 Å². The van der Waals surface area contributed by atoms with E-state index in [9.17, 15) is 13.6 Å². The Bertz CT molecular complexity index is 1380. The minimum atomic E-state index is -2.88. The maximum Gasteiger partial charge on any atom is 0.264 e. The Kier molecular flexibility index (Phi) is 5.17. The van der Waals surface area contributed by atoms with Crippen LogP contribution >= 0.6 is 12.2 Å². The molecule has 0 aliphatic carbocycles. The first-order valence-corrected chi connectivity index (χ1v) is 9.50. The van der Waals surface area contributed by atoms with E-state index in [2.05, 4.69) is 9.97 Å². The second-order valence-corrected chi connectivity index (χ2v) is 7.12. The summed E-state index contributed by atoms with van der Waals surface area (Å²) < 4.78 is 35.0. The van der Waals surface area contributed by atoms with Gasteiger partial charge in [0.1, 0.15) is 5.75 Å². The zero-order valence-electron chi connectivity index (χ0n) is 16.1. The molecule has 5 nitrogen and oxygen atoms in total. The lowest BCUT2D eigenvalue weighted by Crippen LogP contribution is -2.17. The van der Waals surface area contributed by atoms with Crippen molar-refractivity contribution in [2.45, 2.75) is 13.3 Å². The summed E-state index contributed by atoms with van der Waals surface area (Å²) in [4.78, 5) is 19.7.